The molecule has 10 aromatic carbocycles. The smallest absolute Gasteiger partial charge is 0.266 e. The first kappa shape index (κ1) is 41.2. The summed E-state index contributed by atoms with van der Waals surface area (Å²) in [5.74, 6) is -1.39. The quantitative estimate of drug-likeness (QED) is 0.156. The van der Waals surface area contributed by atoms with Crippen LogP contribution in [0.3, 0.4) is 0 Å². The van der Waals surface area contributed by atoms with E-state index in [1.165, 1.54) is 9.80 Å². The third-order valence-corrected chi connectivity index (χ3v) is 14.5. The summed E-state index contributed by atoms with van der Waals surface area (Å²) in [6.07, 6.45) is 2.27. The van der Waals surface area contributed by atoms with Gasteiger partial charge < -0.3 is 0 Å². The maximum Gasteiger partial charge on any atom is 0.266 e. The molecule has 0 N–H and O–H groups in total. The van der Waals surface area contributed by atoms with Crippen molar-refractivity contribution < 1.29 is 19.2 Å². The average Bonchev–Trinajstić information content (AvgIpc) is 3.83. The van der Waals surface area contributed by atoms with Crippen LogP contribution >= 0.6 is 0 Å². The zero-order chi connectivity index (χ0) is 47.0. The van der Waals surface area contributed by atoms with Crippen LogP contribution in [0.5, 0.6) is 0 Å². The van der Waals surface area contributed by atoms with E-state index < -0.39 is 0 Å². The first-order chi connectivity index (χ1) is 34.5. The highest BCUT2D eigenvalue weighted by Crippen LogP contribution is 2.52. The molecule has 6 nitrogen and oxygen atoms in total. The number of anilines is 2. The van der Waals surface area contributed by atoms with Crippen molar-refractivity contribution in [1.82, 2.24) is 0 Å². The largest absolute Gasteiger partial charge is 0.268 e. The Morgan fingerprint density at radius 1 is 0.229 bits per heavy atom. The molecule has 6 heteroatoms. The summed E-state index contributed by atoms with van der Waals surface area (Å²) in [6.45, 7) is 0. The van der Waals surface area contributed by atoms with Crippen molar-refractivity contribution in [3.63, 3.8) is 0 Å². The number of benzene rings is 10. The Bertz CT molecular complexity index is 3350. The first-order valence-corrected chi connectivity index (χ1v) is 23.9. The van der Waals surface area contributed by atoms with Gasteiger partial charge in [0.1, 0.15) is 0 Å². The van der Waals surface area contributed by atoms with Crippen molar-refractivity contribution in [2.45, 2.75) is 25.7 Å². The van der Waals surface area contributed by atoms with Gasteiger partial charge in [-0.3, -0.25) is 19.2 Å². The van der Waals surface area contributed by atoms with Crippen molar-refractivity contribution in [2.75, 3.05) is 9.80 Å². The molecule has 2 aliphatic carbocycles. The molecule has 14 rings (SSSR count). The van der Waals surface area contributed by atoms with Crippen LogP contribution in [0.15, 0.2) is 206 Å². The van der Waals surface area contributed by atoms with E-state index in [1.54, 1.807) is 0 Å². The Kier molecular flexibility index (Phi) is 9.63. The normalized spacial score (nSPS) is 14.1. The molecule has 4 amide bonds. The Morgan fingerprint density at radius 2 is 0.429 bits per heavy atom. The lowest BCUT2D eigenvalue weighted by Crippen LogP contribution is -2.29. The molecule has 0 spiro atoms. The number of nitrogens with zero attached hydrogens (tertiary/aromatic N) is 2. The lowest BCUT2D eigenvalue weighted by Gasteiger charge is -2.25. The van der Waals surface area contributed by atoms with Crippen LogP contribution in [0.4, 0.5) is 11.4 Å². The summed E-state index contributed by atoms with van der Waals surface area (Å²) in [4.78, 5) is 63.8. The van der Waals surface area contributed by atoms with Gasteiger partial charge in [-0.1, -0.05) is 182 Å². The molecule has 0 saturated carbocycles. The topological polar surface area (TPSA) is 74.8 Å². The number of carbonyl (C=O) groups excluding carboxylic acids is 4. The van der Waals surface area contributed by atoms with Crippen molar-refractivity contribution >= 4 is 56.5 Å². The summed E-state index contributed by atoms with van der Waals surface area (Å²) < 4.78 is 0. The molecule has 4 aliphatic rings. The maximum absolute atomic E-state index is 15.3. The minimum Gasteiger partial charge on any atom is -0.268 e. The molecule has 0 unspecified atom stereocenters. The number of hydrogen-bond donors (Lipinski definition) is 0. The van der Waals surface area contributed by atoms with E-state index in [0.717, 1.165) is 88.3 Å². The van der Waals surface area contributed by atoms with E-state index in [4.69, 9.17) is 0 Å². The molecule has 2 heterocycles. The number of para-hydroxylation sites is 2. The molecule has 0 aromatic heterocycles. The molecule has 0 fully saturated rings. The van der Waals surface area contributed by atoms with Crippen LogP contribution in [0, 0.1) is 0 Å². The van der Waals surface area contributed by atoms with Crippen molar-refractivity contribution in [2.24, 2.45) is 0 Å². The summed E-state index contributed by atoms with van der Waals surface area (Å²) in [5.41, 5.74) is 13.3. The molecule has 2 aliphatic heterocycles. The van der Waals surface area contributed by atoms with Gasteiger partial charge in [-0.25, -0.2) is 9.80 Å². The number of imide groups is 2. The Labute approximate surface area is 404 Å². The third-order valence-electron chi connectivity index (χ3n) is 14.5. The van der Waals surface area contributed by atoms with Crippen LogP contribution < -0.4 is 9.80 Å². The summed E-state index contributed by atoms with van der Waals surface area (Å²) in [7, 11) is 0. The molecule has 0 saturated heterocycles. The van der Waals surface area contributed by atoms with Gasteiger partial charge in [0, 0.05) is 22.3 Å². The highest BCUT2D eigenvalue weighted by Gasteiger charge is 2.45. The second-order valence-corrected chi connectivity index (χ2v) is 18.3. The monoisotopic (exact) mass is 902 g/mol. The van der Waals surface area contributed by atoms with E-state index in [9.17, 15) is 0 Å². The van der Waals surface area contributed by atoms with Crippen molar-refractivity contribution in [3.05, 3.63) is 251 Å². The highest BCUT2D eigenvalue weighted by atomic mass is 16.2. The van der Waals surface area contributed by atoms with Crippen LogP contribution in [0.1, 0.15) is 63.7 Å². The molecule has 0 atom stereocenters. The predicted octanol–water partition coefficient (Wildman–Crippen LogP) is 14.1. The molecular formula is C64H42N2O4. The van der Waals surface area contributed by atoms with Crippen LogP contribution in [0.25, 0.3) is 66.1 Å². The fourth-order valence-electron chi connectivity index (χ4n) is 11.6. The zero-order valence-electron chi connectivity index (χ0n) is 38.0. The average molecular weight is 903 g/mol. The summed E-state index contributed by atoms with van der Waals surface area (Å²) in [6, 6.07) is 67.5. The molecule has 70 heavy (non-hydrogen) atoms. The van der Waals surface area contributed by atoms with Crippen molar-refractivity contribution in [1.29, 1.82) is 0 Å². The highest BCUT2D eigenvalue weighted by molar-refractivity contribution is 6.42. The Hall–Kier alpha value is -9.00. The number of carbonyl (C=O) groups is 4. The second-order valence-electron chi connectivity index (χ2n) is 18.3. The standard InChI is InChI=1S/C64H42N2O4/c67-61-57-53(39-19-7-1-8-20-39)49-43-31-32-44(50(49)54(40-21-9-2-10-22-40)58(57)62(68)65(61)47-27-15-5-16-28-47)37-38-46-34-33-45(36-35-43)51-52(46)56(42-25-13-4-14-26-42)60-59(55(51)41-23-11-3-12-24-41)63(69)66(64(60)70)48-29-17-6-18-30-48/h1-34H,35-38H2. The molecule has 10 aromatic rings. The Morgan fingerprint density at radius 3 is 0.643 bits per heavy atom. The SMILES string of the molecule is O=C1c2c(c(-c3ccccc3)c3c4ccc(c3c2-c2ccccc2)CCc2ccc(c3c(-c5ccccc5)c5c(c(-c6ccccc6)c23)C(=O)N(c2ccccc2)C5=O)CC4)C(=O)N1c1ccccc1. The van der Waals surface area contributed by atoms with Crippen LogP contribution in [0.2, 0.25) is 0 Å². The lowest BCUT2D eigenvalue weighted by atomic mass is 9.77. The summed E-state index contributed by atoms with van der Waals surface area (Å²) in [5, 5.41) is 3.85. The fraction of sp³-hybridized carbons (Fsp3) is 0.0625. The maximum atomic E-state index is 15.3. The van der Waals surface area contributed by atoms with E-state index in [0.29, 0.717) is 59.3 Å². The fourth-order valence-corrected chi connectivity index (χ4v) is 11.6. The first-order valence-electron chi connectivity index (χ1n) is 23.9. The van der Waals surface area contributed by atoms with Gasteiger partial charge in [-0.05, 0) is 116 Å². The number of hydrogen-bond acceptors (Lipinski definition) is 4. The van der Waals surface area contributed by atoms with Gasteiger partial charge in [-0.15, -0.1) is 0 Å². The molecule has 4 bridgehead atoms. The number of rotatable bonds is 6. The van der Waals surface area contributed by atoms with E-state index in [1.807, 2.05) is 182 Å². The minimum absolute atomic E-state index is 0.346. The lowest BCUT2D eigenvalue weighted by molar-refractivity contribution is 0.0910. The second kappa shape index (κ2) is 16.4. The van der Waals surface area contributed by atoms with Crippen LogP contribution in [-0.4, -0.2) is 23.6 Å². The third kappa shape index (κ3) is 6.19. The zero-order valence-corrected chi connectivity index (χ0v) is 38.0. The van der Waals surface area contributed by atoms with E-state index in [2.05, 4.69) is 24.3 Å². The van der Waals surface area contributed by atoms with Gasteiger partial charge in [0.05, 0.1) is 33.6 Å². The van der Waals surface area contributed by atoms with Crippen molar-refractivity contribution in [3.8, 4) is 44.5 Å². The molecule has 0 radical (unpaired) electrons. The van der Waals surface area contributed by atoms with Crippen LogP contribution in [-0.2, 0) is 25.7 Å². The van der Waals surface area contributed by atoms with E-state index >= 15 is 19.2 Å². The number of fused-ring (bicyclic) bond motifs is 6. The minimum atomic E-state index is -0.346. The van der Waals surface area contributed by atoms with Gasteiger partial charge in [0.15, 0.2) is 0 Å². The van der Waals surface area contributed by atoms with E-state index in [-0.39, 0.29) is 23.6 Å². The predicted molar refractivity (Wildman–Crippen MR) is 280 cm³/mol. The number of amides is 4. The van der Waals surface area contributed by atoms with Gasteiger partial charge in [0.2, 0.25) is 0 Å². The Balaban J connectivity index is 1.14. The molecular weight excluding hydrogens is 861 g/mol. The van der Waals surface area contributed by atoms with Gasteiger partial charge >= 0.3 is 0 Å². The summed E-state index contributed by atoms with van der Waals surface area (Å²) >= 11 is 0. The van der Waals surface area contributed by atoms with Gasteiger partial charge in [0.25, 0.3) is 23.6 Å². The number of aryl methyl sites for hydroxylation is 4. The van der Waals surface area contributed by atoms with Gasteiger partial charge in [-0.2, -0.15) is 0 Å². The molecule has 332 valence electrons.